The predicted octanol–water partition coefficient (Wildman–Crippen LogP) is 3.52. The first-order chi connectivity index (χ1) is 12.2. The second kappa shape index (κ2) is 6.49. The van der Waals surface area contributed by atoms with Crippen LogP contribution < -0.4 is 4.80 Å². The van der Waals surface area contributed by atoms with Crippen molar-refractivity contribution in [3.63, 3.8) is 0 Å². The molecule has 0 atom stereocenters. The van der Waals surface area contributed by atoms with Crippen LogP contribution in [0.25, 0.3) is 11.0 Å². The van der Waals surface area contributed by atoms with Gasteiger partial charge in [-0.3, -0.25) is 4.79 Å². The maximum absolute atomic E-state index is 12.7. The van der Waals surface area contributed by atoms with Gasteiger partial charge in [0.15, 0.2) is 4.80 Å². The number of hydrogen-bond donors (Lipinski definition) is 1. The van der Waals surface area contributed by atoms with Gasteiger partial charge in [0.05, 0.1) is 5.56 Å². The Kier molecular flexibility index (Phi) is 4.03. The van der Waals surface area contributed by atoms with Crippen LogP contribution >= 0.6 is 11.3 Å². The van der Waals surface area contributed by atoms with Crippen LogP contribution in [0.2, 0.25) is 0 Å². The first-order valence-corrected chi connectivity index (χ1v) is 8.79. The van der Waals surface area contributed by atoms with Crippen LogP contribution in [-0.2, 0) is 6.54 Å². The van der Waals surface area contributed by atoms with Crippen molar-refractivity contribution in [1.82, 2.24) is 14.5 Å². The number of carbonyl (C=O) groups is 1. The fourth-order valence-electron chi connectivity index (χ4n) is 2.72. The molecular formula is C19H16N4OS. The van der Waals surface area contributed by atoms with E-state index in [4.69, 9.17) is 0 Å². The molecule has 1 N–H and O–H groups in total. The summed E-state index contributed by atoms with van der Waals surface area (Å²) in [5.41, 5.74) is 3.43. The molecule has 1 amide bonds. The molecule has 0 unspecified atom stereocenters. The van der Waals surface area contributed by atoms with E-state index in [2.05, 4.69) is 27.1 Å². The first kappa shape index (κ1) is 15.5. The number of aromatic amines is 1. The van der Waals surface area contributed by atoms with E-state index in [-0.39, 0.29) is 5.91 Å². The van der Waals surface area contributed by atoms with E-state index in [9.17, 15) is 4.79 Å². The lowest BCUT2D eigenvalue weighted by Crippen LogP contribution is -2.17. The number of fused-ring (bicyclic) bond motifs is 1. The van der Waals surface area contributed by atoms with Gasteiger partial charge in [0.1, 0.15) is 5.65 Å². The number of aromatic nitrogens is 3. The largest absolute Gasteiger partial charge is 0.345 e. The summed E-state index contributed by atoms with van der Waals surface area (Å²) in [5.74, 6) is -0.261. The third kappa shape index (κ3) is 3.16. The van der Waals surface area contributed by atoms with Crippen molar-refractivity contribution in [2.45, 2.75) is 13.5 Å². The molecule has 0 radical (unpaired) electrons. The average Bonchev–Trinajstić information content (AvgIpc) is 3.22. The van der Waals surface area contributed by atoms with Crippen LogP contribution in [0.5, 0.6) is 0 Å². The van der Waals surface area contributed by atoms with Gasteiger partial charge in [-0.05, 0) is 24.1 Å². The molecule has 4 rings (SSSR count). The minimum Gasteiger partial charge on any atom is -0.345 e. The van der Waals surface area contributed by atoms with E-state index in [1.54, 1.807) is 12.4 Å². The number of thiazole rings is 1. The zero-order valence-electron chi connectivity index (χ0n) is 13.6. The van der Waals surface area contributed by atoms with Crippen molar-refractivity contribution >= 4 is 28.3 Å². The van der Waals surface area contributed by atoms with Crippen molar-refractivity contribution in [3.8, 4) is 0 Å². The lowest BCUT2D eigenvalue weighted by atomic mass is 10.2. The third-order valence-corrected chi connectivity index (χ3v) is 4.75. The fraction of sp³-hybridized carbons (Fsp3) is 0.105. The van der Waals surface area contributed by atoms with Gasteiger partial charge < -0.3 is 9.55 Å². The molecule has 6 heteroatoms. The van der Waals surface area contributed by atoms with E-state index in [1.807, 2.05) is 47.3 Å². The second-order valence-electron chi connectivity index (χ2n) is 5.83. The molecule has 5 nitrogen and oxygen atoms in total. The van der Waals surface area contributed by atoms with E-state index in [0.717, 1.165) is 10.9 Å². The summed E-state index contributed by atoms with van der Waals surface area (Å²) < 4.78 is 1.98. The van der Waals surface area contributed by atoms with E-state index < -0.39 is 0 Å². The molecular weight excluding hydrogens is 332 g/mol. The molecule has 0 saturated carbocycles. The number of H-pyrrole nitrogens is 1. The molecule has 124 valence electrons. The number of pyridine rings is 1. The van der Waals surface area contributed by atoms with E-state index >= 15 is 0 Å². The van der Waals surface area contributed by atoms with E-state index in [1.165, 1.54) is 16.9 Å². The fourth-order valence-corrected chi connectivity index (χ4v) is 3.45. The summed E-state index contributed by atoms with van der Waals surface area (Å²) in [4.78, 5) is 25.0. The van der Waals surface area contributed by atoms with E-state index in [0.29, 0.717) is 22.6 Å². The van der Waals surface area contributed by atoms with Crippen molar-refractivity contribution in [3.05, 3.63) is 81.9 Å². The number of rotatable bonds is 3. The Hall–Kier alpha value is -2.99. The average molecular weight is 348 g/mol. The summed E-state index contributed by atoms with van der Waals surface area (Å²) in [6, 6.07) is 12.1. The van der Waals surface area contributed by atoms with Gasteiger partial charge in [-0.1, -0.05) is 30.3 Å². The molecule has 4 aromatic rings. The SMILES string of the molecule is Cc1cnc2[nH]cc(C(=O)/N=c3\sccn3Cc3ccccc3)c2c1. The van der Waals surface area contributed by atoms with Gasteiger partial charge in [0.2, 0.25) is 0 Å². The monoisotopic (exact) mass is 348 g/mol. The lowest BCUT2D eigenvalue weighted by Gasteiger charge is -2.02. The number of amides is 1. The molecule has 3 aromatic heterocycles. The van der Waals surface area contributed by atoms with Crippen LogP contribution in [0.1, 0.15) is 21.5 Å². The van der Waals surface area contributed by atoms with Crippen LogP contribution in [-0.4, -0.2) is 20.4 Å². The highest BCUT2D eigenvalue weighted by atomic mass is 32.1. The Morgan fingerprint density at radius 2 is 2.16 bits per heavy atom. The van der Waals surface area contributed by atoms with Crippen molar-refractivity contribution in [1.29, 1.82) is 0 Å². The highest BCUT2D eigenvalue weighted by molar-refractivity contribution is 7.07. The Morgan fingerprint density at radius 1 is 1.32 bits per heavy atom. The molecule has 0 fully saturated rings. The highest BCUT2D eigenvalue weighted by Gasteiger charge is 2.12. The standard InChI is InChI=1S/C19H16N4OS/c1-13-9-15-16(11-21-17(15)20-10-13)18(24)22-19-23(7-8-25-19)12-14-5-3-2-4-6-14/h2-11H,12H2,1H3,(H,20,21)/b22-19-. The number of carbonyl (C=O) groups excluding carboxylic acids is 1. The van der Waals surface area contributed by atoms with Gasteiger partial charge in [0.25, 0.3) is 5.91 Å². The quantitative estimate of drug-likeness (QED) is 0.616. The molecule has 0 aliphatic carbocycles. The Balaban J connectivity index is 1.70. The maximum Gasteiger partial charge on any atom is 0.281 e. The Labute approximate surface area is 148 Å². The Bertz CT molecular complexity index is 1110. The molecule has 1 aromatic carbocycles. The molecule has 3 heterocycles. The zero-order valence-corrected chi connectivity index (χ0v) is 14.5. The van der Waals surface area contributed by atoms with Gasteiger partial charge in [-0.2, -0.15) is 4.99 Å². The number of nitrogens with one attached hydrogen (secondary N) is 1. The van der Waals surface area contributed by atoms with Crippen LogP contribution in [0.4, 0.5) is 0 Å². The smallest absolute Gasteiger partial charge is 0.281 e. The highest BCUT2D eigenvalue weighted by Crippen LogP contribution is 2.18. The second-order valence-corrected chi connectivity index (χ2v) is 6.70. The maximum atomic E-state index is 12.7. The zero-order chi connectivity index (χ0) is 17.2. The summed E-state index contributed by atoms with van der Waals surface area (Å²) in [6.07, 6.45) is 5.40. The number of benzene rings is 1. The topological polar surface area (TPSA) is 63.0 Å². The van der Waals surface area contributed by atoms with Crippen molar-refractivity contribution in [2.24, 2.45) is 4.99 Å². The van der Waals surface area contributed by atoms with Gasteiger partial charge in [-0.15, -0.1) is 11.3 Å². The number of nitrogens with zero attached hydrogens (tertiary/aromatic N) is 3. The first-order valence-electron chi connectivity index (χ1n) is 7.91. The lowest BCUT2D eigenvalue weighted by molar-refractivity contribution is 0.0999. The summed E-state index contributed by atoms with van der Waals surface area (Å²) >= 11 is 1.45. The molecule has 0 aliphatic heterocycles. The minimum absolute atomic E-state index is 0.261. The number of hydrogen-bond acceptors (Lipinski definition) is 3. The normalized spacial score (nSPS) is 12.0. The number of aryl methyl sites for hydroxylation is 1. The molecule has 0 aliphatic rings. The van der Waals surface area contributed by atoms with Gasteiger partial charge in [0, 0.05) is 35.9 Å². The van der Waals surface area contributed by atoms with Crippen molar-refractivity contribution in [2.75, 3.05) is 0 Å². The predicted molar refractivity (Wildman–Crippen MR) is 98.6 cm³/mol. The van der Waals surface area contributed by atoms with Crippen LogP contribution in [0.3, 0.4) is 0 Å². The van der Waals surface area contributed by atoms with Crippen molar-refractivity contribution < 1.29 is 4.79 Å². The van der Waals surface area contributed by atoms with Crippen LogP contribution in [0.15, 0.2) is 65.4 Å². The molecule has 0 bridgehead atoms. The van der Waals surface area contributed by atoms with Gasteiger partial charge in [-0.25, -0.2) is 4.98 Å². The molecule has 0 saturated heterocycles. The summed E-state index contributed by atoms with van der Waals surface area (Å²) in [5, 5.41) is 2.75. The van der Waals surface area contributed by atoms with Gasteiger partial charge >= 0.3 is 0 Å². The van der Waals surface area contributed by atoms with Crippen LogP contribution in [0, 0.1) is 6.92 Å². The Morgan fingerprint density at radius 3 is 3.00 bits per heavy atom. The summed E-state index contributed by atoms with van der Waals surface area (Å²) in [6.45, 7) is 2.64. The molecule has 25 heavy (non-hydrogen) atoms. The minimum atomic E-state index is -0.261. The molecule has 0 spiro atoms. The summed E-state index contributed by atoms with van der Waals surface area (Å²) in [7, 11) is 0. The third-order valence-electron chi connectivity index (χ3n) is 3.95.